The van der Waals surface area contributed by atoms with E-state index in [2.05, 4.69) is 20.8 Å². The van der Waals surface area contributed by atoms with Crippen molar-refractivity contribution >= 4 is 17.5 Å². The molecular weight excluding hydrogens is 232 g/mol. The fraction of sp³-hybridized carbons (Fsp3) is 0.500. The molecule has 0 aliphatic heterocycles. The lowest BCUT2D eigenvalue weighted by molar-refractivity contribution is 0.101. The highest BCUT2D eigenvalue weighted by Crippen LogP contribution is 2.25. The summed E-state index contributed by atoms with van der Waals surface area (Å²) in [7, 11) is 1.61. The molecule has 0 fully saturated rings. The van der Waals surface area contributed by atoms with Crippen molar-refractivity contribution < 1.29 is 9.53 Å². The van der Waals surface area contributed by atoms with E-state index in [0.29, 0.717) is 23.0 Å². The van der Waals surface area contributed by atoms with E-state index in [-0.39, 0.29) is 5.78 Å². The second-order valence-corrected chi connectivity index (χ2v) is 5.45. The van der Waals surface area contributed by atoms with E-state index in [1.165, 1.54) is 5.56 Å². The molecule has 0 N–H and O–H groups in total. The Bertz CT molecular complexity index is 386. The smallest absolute Gasteiger partial charge is 0.176 e. The van der Waals surface area contributed by atoms with Gasteiger partial charge in [-0.2, -0.15) is 11.8 Å². The van der Waals surface area contributed by atoms with Crippen molar-refractivity contribution in [1.82, 2.24) is 0 Å². The van der Waals surface area contributed by atoms with Crippen LogP contribution in [0.1, 0.15) is 42.6 Å². The number of ketones is 1. The Kier molecular flexibility index (Phi) is 5.56. The van der Waals surface area contributed by atoms with Crippen LogP contribution in [0.5, 0.6) is 5.75 Å². The van der Waals surface area contributed by atoms with Gasteiger partial charge in [0.2, 0.25) is 0 Å². The second-order valence-electron chi connectivity index (χ2n) is 4.17. The largest absolute Gasteiger partial charge is 0.496 e. The van der Waals surface area contributed by atoms with Gasteiger partial charge in [-0.15, -0.1) is 0 Å². The molecule has 0 aliphatic rings. The van der Waals surface area contributed by atoms with Crippen molar-refractivity contribution in [2.24, 2.45) is 0 Å². The molecule has 17 heavy (non-hydrogen) atoms. The number of thioether (sulfide) groups is 1. The number of hydrogen-bond acceptors (Lipinski definition) is 3. The van der Waals surface area contributed by atoms with Crippen molar-refractivity contribution in [1.29, 1.82) is 0 Å². The van der Waals surface area contributed by atoms with Gasteiger partial charge in [-0.25, -0.2) is 0 Å². The first-order valence-corrected chi connectivity index (χ1v) is 7.04. The average molecular weight is 252 g/mol. The maximum absolute atomic E-state index is 12.1. The first-order chi connectivity index (χ1) is 8.10. The van der Waals surface area contributed by atoms with Crippen LogP contribution in [-0.4, -0.2) is 24.4 Å². The zero-order valence-electron chi connectivity index (χ0n) is 10.9. The number of carbonyl (C=O) groups excluding carboxylic acids is 1. The van der Waals surface area contributed by atoms with Gasteiger partial charge in [0.05, 0.1) is 18.4 Å². The summed E-state index contributed by atoms with van der Waals surface area (Å²) in [5.41, 5.74) is 1.88. The number of Topliss-reactive ketones (excluding diaryl/α,β-unsaturated/α-hetero) is 1. The summed E-state index contributed by atoms with van der Waals surface area (Å²) >= 11 is 1.64. The number of benzene rings is 1. The Morgan fingerprint density at radius 3 is 2.65 bits per heavy atom. The average Bonchev–Trinajstić information content (AvgIpc) is 2.34. The summed E-state index contributed by atoms with van der Waals surface area (Å²) in [5.74, 6) is 2.73. The zero-order chi connectivity index (χ0) is 12.8. The van der Waals surface area contributed by atoms with E-state index >= 15 is 0 Å². The lowest BCUT2D eigenvalue weighted by Gasteiger charge is -2.11. The lowest BCUT2D eigenvalue weighted by Crippen LogP contribution is -2.06. The topological polar surface area (TPSA) is 26.3 Å². The van der Waals surface area contributed by atoms with Gasteiger partial charge in [0.25, 0.3) is 0 Å². The standard InChI is InChI=1S/C14H20O2S/c1-5-17-9-13(15)12-8-11(10(2)3)6-7-14(12)16-4/h6-8,10H,5,9H2,1-4H3. The maximum Gasteiger partial charge on any atom is 0.176 e. The van der Waals surface area contributed by atoms with Crippen LogP contribution in [-0.2, 0) is 0 Å². The lowest BCUT2D eigenvalue weighted by atomic mass is 9.99. The van der Waals surface area contributed by atoms with Crippen molar-refractivity contribution in [2.75, 3.05) is 18.6 Å². The Labute approximate surface area is 108 Å². The monoisotopic (exact) mass is 252 g/mol. The molecule has 3 heteroatoms. The first kappa shape index (κ1) is 14.1. The van der Waals surface area contributed by atoms with Gasteiger partial charge in [0, 0.05) is 0 Å². The minimum absolute atomic E-state index is 0.149. The predicted molar refractivity (Wildman–Crippen MR) is 74.4 cm³/mol. The summed E-state index contributed by atoms with van der Waals surface area (Å²) in [4.78, 5) is 12.1. The molecular formula is C14H20O2S. The molecule has 0 spiro atoms. The molecule has 0 aromatic heterocycles. The van der Waals surface area contributed by atoms with Gasteiger partial charge in [0.1, 0.15) is 5.75 Å². The molecule has 1 rings (SSSR count). The number of hydrogen-bond donors (Lipinski definition) is 0. The fourth-order valence-corrected chi connectivity index (χ4v) is 2.12. The third kappa shape index (κ3) is 3.77. The molecule has 0 aliphatic carbocycles. The van der Waals surface area contributed by atoms with Crippen LogP contribution >= 0.6 is 11.8 Å². The molecule has 2 nitrogen and oxygen atoms in total. The summed E-state index contributed by atoms with van der Waals surface area (Å²) in [5, 5.41) is 0. The van der Waals surface area contributed by atoms with E-state index in [4.69, 9.17) is 4.74 Å². The van der Waals surface area contributed by atoms with E-state index in [0.717, 1.165) is 5.75 Å². The molecule has 0 unspecified atom stereocenters. The molecule has 0 saturated carbocycles. The van der Waals surface area contributed by atoms with Crippen LogP contribution in [0.15, 0.2) is 18.2 Å². The molecule has 94 valence electrons. The van der Waals surface area contributed by atoms with Gasteiger partial charge in [0.15, 0.2) is 5.78 Å². The fourth-order valence-electron chi connectivity index (χ4n) is 1.58. The molecule has 1 aromatic carbocycles. The van der Waals surface area contributed by atoms with Crippen LogP contribution in [0.25, 0.3) is 0 Å². The Hall–Kier alpha value is -0.960. The number of rotatable bonds is 6. The molecule has 0 atom stereocenters. The molecule has 1 aromatic rings. The normalized spacial score (nSPS) is 10.6. The molecule has 0 bridgehead atoms. The molecule has 0 radical (unpaired) electrons. The van der Waals surface area contributed by atoms with Crippen molar-refractivity contribution in [3.05, 3.63) is 29.3 Å². The van der Waals surface area contributed by atoms with Gasteiger partial charge < -0.3 is 4.74 Å². The van der Waals surface area contributed by atoms with E-state index in [1.807, 2.05) is 18.2 Å². The number of methoxy groups -OCH3 is 1. The Morgan fingerprint density at radius 1 is 1.41 bits per heavy atom. The van der Waals surface area contributed by atoms with E-state index in [9.17, 15) is 4.79 Å². The van der Waals surface area contributed by atoms with Crippen molar-refractivity contribution in [3.63, 3.8) is 0 Å². The van der Waals surface area contributed by atoms with E-state index < -0.39 is 0 Å². The van der Waals surface area contributed by atoms with Crippen LogP contribution in [0.4, 0.5) is 0 Å². The van der Waals surface area contributed by atoms with Crippen LogP contribution < -0.4 is 4.74 Å². The molecule has 0 saturated heterocycles. The highest BCUT2D eigenvalue weighted by Gasteiger charge is 2.13. The summed E-state index contributed by atoms with van der Waals surface area (Å²) in [6.07, 6.45) is 0. The Balaban J connectivity index is 3.01. The number of ether oxygens (including phenoxy) is 1. The maximum atomic E-state index is 12.1. The minimum atomic E-state index is 0.149. The summed E-state index contributed by atoms with van der Waals surface area (Å²) < 4.78 is 5.25. The zero-order valence-corrected chi connectivity index (χ0v) is 11.8. The van der Waals surface area contributed by atoms with Gasteiger partial charge in [-0.3, -0.25) is 4.79 Å². The van der Waals surface area contributed by atoms with Crippen LogP contribution in [0.3, 0.4) is 0 Å². The third-order valence-corrected chi connectivity index (χ3v) is 3.50. The quantitative estimate of drug-likeness (QED) is 0.721. The summed E-state index contributed by atoms with van der Waals surface area (Å²) in [6.45, 7) is 6.30. The minimum Gasteiger partial charge on any atom is -0.496 e. The van der Waals surface area contributed by atoms with Gasteiger partial charge >= 0.3 is 0 Å². The predicted octanol–water partition coefficient (Wildman–Crippen LogP) is 3.75. The Morgan fingerprint density at radius 2 is 2.12 bits per heavy atom. The first-order valence-electron chi connectivity index (χ1n) is 5.89. The highest BCUT2D eigenvalue weighted by atomic mass is 32.2. The second kappa shape index (κ2) is 6.70. The van der Waals surface area contributed by atoms with Crippen LogP contribution in [0.2, 0.25) is 0 Å². The molecule has 0 amide bonds. The third-order valence-electron chi connectivity index (χ3n) is 2.63. The van der Waals surface area contributed by atoms with Crippen LogP contribution in [0, 0.1) is 0 Å². The highest BCUT2D eigenvalue weighted by molar-refractivity contribution is 7.99. The summed E-state index contributed by atoms with van der Waals surface area (Å²) in [6, 6.07) is 5.87. The van der Waals surface area contributed by atoms with Crippen molar-refractivity contribution in [3.8, 4) is 5.75 Å². The van der Waals surface area contributed by atoms with Crippen molar-refractivity contribution in [2.45, 2.75) is 26.7 Å². The van der Waals surface area contributed by atoms with Gasteiger partial charge in [-0.05, 0) is 29.4 Å². The number of carbonyl (C=O) groups is 1. The molecule has 0 heterocycles. The van der Waals surface area contributed by atoms with E-state index in [1.54, 1.807) is 18.9 Å². The SMILES string of the molecule is CCSCC(=O)c1cc(C(C)C)ccc1OC. The van der Waals surface area contributed by atoms with Gasteiger partial charge in [-0.1, -0.05) is 26.8 Å².